The molecule has 1 heterocycles. The molecule has 1 aromatic heterocycles. The molecule has 19 heavy (non-hydrogen) atoms. The predicted molar refractivity (Wildman–Crippen MR) is 76.8 cm³/mol. The van der Waals surface area contributed by atoms with Gasteiger partial charge in [0.05, 0.1) is 0 Å². The first-order chi connectivity index (χ1) is 8.88. The Labute approximate surface area is 116 Å². The van der Waals surface area contributed by atoms with Crippen LogP contribution in [0.3, 0.4) is 0 Å². The van der Waals surface area contributed by atoms with Gasteiger partial charge in [0.2, 0.25) is 0 Å². The molecule has 0 aliphatic heterocycles. The fourth-order valence-corrected chi connectivity index (χ4v) is 2.45. The fourth-order valence-electron chi connectivity index (χ4n) is 2.45. The summed E-state index contributed by atoms with van der Waals surface area (Å²) in [4.78, 5) is 16.8. The SMILES string of the molecule is CCCC(C)(C)C(=O)C(CCC(C)C)n1cncn1. The monoisotopic (exact) mass is 265 g/mol. The van der Waals surface area contributed by atoms with Gasteiger partial charge in [-0.15, -0.1) is 0 Å². The van der Waals surface area contributed by atoms with Crippen LogP contribution in [0.5, 0.6) is 0 Å². The van der Waals surface area contributed by atoms with Crippen LogP contribution in [0.25, 0.3) is 0 Å². The van der Waals surface area contributed by atoms with E-state index >= 15 is 0 Å². The average Bonchev–Trinajstić information content (AvgIpc) is 2.82. The van der Waals surface area contributed by atoms with Crippen molar-refractivity contribution in [1.82, 2.24) is 14.8 Å². The Balaban J connectivity index is 2.87. The maximum Gasteiger partial charge on any atom is 0.162 e. The molecular weight excluding hydrogens is 238 g/mol. The lowest BCUT2D eigenvalue weighted by Gasteiger charge is -2.28. The molecule has 108 valence electrons. The quantitative estimate of drug-likeness (QED) is 0.720. The Bertz CT molecular complexity index is 382. The lowest BCUT2D eigenvalue weighted by Crippen LogP contribution is -2.33. The smallest absolute Gasteiger partial charge is 0.162 e. The number of hydrogen-bond acceptors (Lipinski definition) is 3. The van der Waals surface area contributed by atoms with Crippen molar-refractivity contribution in [1.29, 1.82) is 0 Å². The van der Waals surface area contributed by atoms with Crippen LogP contribution < -0.4 is 0 Å². The van der Waals surface area contributed by atoms with Crippen molar-refractivity contribution < 1.29 is 4.79 Å². The molecule has 0 aliphatic carbocycles. The van der Waals surface area contributed by atoms with Crippen LogP contribution in [-0.4, -0.2) is 20.5 Å². The second-order valence-corrected chi connectivity index (χ2v) is 6.36. The molecule has 1 aromatic rings. The minimum Gasteiger partial charge on any atom is -0.297 e. The highest BCUT2D eigenvalue weighted by Crippen LogP contribution is 2.31. The van der Waals surface area contributed by atoms with Gasteiger partial charge in [-0.2, -0.15) is 5.10 Å². The highest BCUT2D eigenvalue weighted by atomic mass is 16.1. The largest absolute Gasteiger partial charge is 0.297 e. The number of nitrogens with zero attached hydrogens (tertiary/aromatic N) is 3. The normalized spacial score (nSPS) is 13.8. The number of aromatic nitrogens is 3. The Kier molecular flexibility index (Phi) is 5.70. The molecule has 1 unspecified atom stereocenters. The van der Waals surface area contributed by atoms with Crippen molar-refractivity contribution in [2.24, 2.45) is 11.3 Å². The van der Waals surface area contributed by atoms with Gasteiger partial charge in [-0.05, 0) is 25.2 Å². The molecule has 0 saturated heterocycles. The predicted octanol–water partition coefficient (Wildman–Crippen LogP) is 3.65. The zero-order valence-electron chi connectivity index (χ0n) is 12.9. The van der Waals surface area contributed by atoms with Gasteiger partial charge in [-0.25, -0.2) is 9.67 Å². The second-order valence-electron chi connectivity index (χ2n) is 6.36. The average molecular weight is 265 g/mol. The van der Waals surface area contributed by atoms with Gasteiger partial charge in [0.15, 0.2) is 5.78 Å². The lowest BCUT2D eigenvalue weighted by molar-refractivity contribution is -0.131. The van der Waals surface area contributed by atoms with Crippen molar-refractivity contribution in [3.05, 3.63) is 12.7 Å². The summed E-state index contributed by atoms with van der Waals surface area (Å²) in [7, 11) is 0. The Hall–Kier alpha value is -1.19. The van der Waals surface area contributed by atoms with Crippen molar-refractivity contribution in [2.45, 2.75) is 66.3 Å². The molecule has 1 atom stereocenters. The third-order valence-corrected chi connectivity index (χ3v) is 3.62. The first-order valence-electron chi connectivity index (χ1n) is 7.27. The highest BCUT2D eigenvalue weighted by molar-refractivity contribution is 5.87. The van der Waals surface area contributed by atoms with Crippen LogP contribution >= 0.6 is 0 Å². The van der Waals surface area contributed by atoms with E-state index in [1.54, 1.807) is 11.0 Å². The van der Waals surface area contributed by atoms with E-state index in [1.807, 2.05) is 13.8 Å². The van der Waals surface area contributed by atoms with Crippen molar-refractivity contribution in [2.75, 3.05) is 0 Å². The van der Waals surface area contributed by atoms with Gasteiger partial charge in [-0.1, -0.05) is 41.0 Å². The van der Waals surface area contributed by atoms with E-state index in [2.05, 4.69) is 30.9 Å². The van der Waals surface area contributed by atoms with E-state index in [0.717, 1.165) is 25.7 Å². The summed E-state index contributed by atoms with van der Waals surface area (Å²) in [5, 5.41) is 4.17. The number of ketones is 1. The second kappa shape index (κ2) is 6.83. The third kappa shape index (κ3) is 4.44. The molecule has 0 amide bonds. The summed E-state index contributed by atoms with van der Waals surface area (Å²) in [6.07, 6.45) is 6.96. The van der Waals surface area contributed by atoms with Crippen LogP contribution in [0.1, 0.15) is 66.3 Å². The molecule has 4 nitrogen and oxygen atoms in total. The molecular formula is C15H27N3O. The van der Waals surface area contributed by atoms with E-state index < -0.39 is 0 Å². The first-order valence-corrected chi connectivity index (χ1v) is 7.27. The number of Topliss-reactive ketones (excluding diaryl/α,β-unsaturated/α-hetero) is 1. The van der Waals surface area contributed by atoms with Crippen LogP contribution in [0.2, 0.25) is 0 Å². The Morgan fingerprint density at radius 2 is 2.00 bits per heavy atom. The molecule has 0 radical (unpaired) electrons. The van der Waals surface area contributed by atoms with Gasteiger partial charge in [0.25, 0.3) is 0 Å². The number of rotatable bonds is 8. The van der Waals surface area contributed by atoms with E-state index in [4.69, 9.17) is 0 Å². The van der Waals surface area contributed by atoms with Crippen LogP contribution in [0.4, 0.5) is 0 Å². The number of carbonyl (C=O) groups excluding carboxylic acids is 1. The summed E-state index contributed by atoms with van der Waals surface area (Å²) in [6, 6.07) is -0.175. The molecule has 4 heteroatoms. The first kappa shape index (κ1) is 15.9. The molecule has 0 bridgehead atoms. The van der Waals surface area contributed by atoms with E-state index in [9.17, 15) is 4.79 Å². The van der Waals surface area contributed by atoms with Crippen molar-refractivity contribution >= 4 is 5.78 Å². The Morgan fingerprint density at radius 3 is 2.47 bits per heavy atom. The zero-order valence-corrected chi connectivity index (χ0v) is 12.9. The molecule has 0 N–H and O–H groups in total. The molecule has 0 fully saturated rings. The van der Waals surface area contributed by atoms with E-state index in [-0.39, 0.29) is 17.2 Å². The van der Waals surface area contributed by atoms with Crippen molar-refractivity contribution in [3.8, 4) is 0 Å². The zero-order chi connectivity index (χ0) is 14.5. The number of carbonyl (C=O) groups is 1. The van der Waals surface area contributed by atoms with Gasteiger partial charge in [-0.3, -0.25) is 4.79 Å². The Morgan fingerprint density at radius 1 is 1.32 bits per heavy atom. The minimum absolute atomic E-state index is 0.175. The van der Waals surface area contributed by atoms with Gasteiger partial charge in [0.1, 0.15) is 18.7 Å². The number of hydrogen-bond donors (Lipinski definition) is 0. The summed E-state index contributed by atoms with van der Waals surface area (Å²) >= 11 is 0. The standard InChI is InChI=1S/C15H27N3O/c1-6-9-15(4,5)14(19)13(8-7-12(2)3)18-11-16-10-17-18/h10-13H,6-9H2,1-5H3. The topological polar surface area (TPSA) is 47.8 Å². The maximum atomic E-state index is 12.8. The van der Waals surface area contributed by atoms with Crippen molar-refractivity contribution in [3.63, 3.8) is 0 Å². The molecule has 0 spiro atoms. The summed E-state index contributed by atoms with van der Waals surface area (Å²) in [5.74, 6) is 0.869. The summed E-state index contributed by atoms with van der Waals surface area (Å²) in [5.41, 5.74) is -0.289. The summed E-state index contributed by atoms with van der Waals surface area (Å²) in [6.45, 7) is 10.6. The van der Waals surface area contributed by atoms with Gasteiger partial charge in [0, 0.05) is 5.41 Å². The van der Waals surface area contributed by atoms with Crippen LogP contribution in [0, 0.1) is 11.3 Å². The lowest BCUT2D eigenvalue weighted by atomic mass is 9.79. The molecule has 0 aliphatic rings. The van der Waals surface area contributed by atoms with E-state index in [1.165, 1.54) is 6.33 Å². The molecule has 1 rings (SSSR count). The maximum absolute atomic E-state index is 12.8. The fraction of sp³-hybridized carbons (Fsp3) is 0.800. The third-order valence-electron chi connectivity index (χ3n) is 3.62. The molecule has 0 saturated carbocycles. The molecule has 0 aromatic carbocycles. The highest BCUT2D eigenvalue weighted by Gasteiger charge is 2.34. The minimum atomic E-state index is -0.289. The van der Waals surface area contributed by atoms with Crippen LogP contribution in [-0.2, 0) is 4.79 Å². The van der Waals surface area contributed by atoms with E-state index in [0.29, 0.717) is 5.92 Å². The summed E-state index contributed by atoms with van der Waals surface area (Å²) < 4.78 is 1.72. The van der Waals surface area contributed by atoms with Gasteiger partial charge >= 0.3 is 0 Å². The van der Waals surface area contributed by atoms with Gasteiger partial charge < -0.3 is 0 Å². The van der Waals surface area contributed by atoms with Crippen LogP contribution in [0.15, 0.2) is 12.7 Å².